The van der Waals surface area contributed by atoms with Crippen LogP contribution in [0.3, 0.4) is 0 Å². The molecule has 1 saturated heterocycles. The van der Waals surface area contributed by atoms with Crippen molar-refractivity contribution in [3.05, 3.63) is 28.2 Å². The Hall–Kier alpha value is -1.79. The van der Waals surface area contributed by atoms with Crippen molar-refractivity contribution in [1.82, 2.24) is 18.8 Å². The summed E-state index contributed by atoms with van der Waals surface area (Å²) in [5.74, 6) is -3.47. The summed E-state index contributed by atoms with van der Waals surface area (Å²) in [7, 11) is 7.20. The fourth-order valence-electron chi connectivity index (χ4n) is 6.26. The van der Waals surface area contributed by atoms with Gasteiger partial charge in [0.15, 0.2) is 7.85 Å². The van der Waals surface area contributed by atoms with Crippen LogP contribution in [0.1, 0.15) is 31.4 Å². The first-order chi connectivity index (χ1) is 17.2. The Morgan fingerprint density at radius 3 is 2.21 bits per heavy atom. The third-order valence-corrected chi connectivity index (χ3v) is 10.4. The number of piperidine rings is 1. The predicted octanol–water partition coefficient (Wildman–Crippen LogP) is -4.41. The standard InChI is InChI=1S/C20H33B6F2N5O4S/c1-9-12(3-4-13(9)34)33-14-10(5-11(15(33)35)19(25,27)28)6-29-16(30-14)31-20(26)17(21,22)7-32(38(2,36)37)8-18(20,23)24/h5-6,9,12-13,34H,3-4,7-8,21-26H2,1-2H3,(H,29,30,31)/t9-,12+,13+/m0/s1. The molecule has 1 saturated carbocycles. The van der Waals surface area contributed by atoms with Gasteiger partial charge in [-0.05, 0) is 24.3 Å². The summed E-state index contributed by atoms with van der Waals surface area (Å²) in [4.78, 5) is 22.5. The van der Waals surface area contributed by atoms with Crippen LogP contribution >= 0.6 is 0 Å². The van der Waals surface area contributed by atoms with E-state index in [1.165, 1.54) is 21.3 Å². The van der Waals surface area contributed by atoms with E-state index in [9.17, 15) is 27.1 Å². The molecule has 0 aromatic carbocycles. The van der Waals surface area contributed by atoms with Crippen molar-refractivity contribution >= 4 is 74.1 Å². The largest absolute Gasteiger partial charge is 0.393 e. The normalized spacial score (nSPS) is 27.3. The molecule has 1 aliphatic carbocycles. The second-order valence-electron chi connectivity index (χ2n) is 12.7. The first-order valence-electron chi connectivity index (χ1n) is 12.9. The highest BCUT2D eigenvalue weighted by molar-refractivity contribution is 7.88. The molecule has 9 nitrogen and oxygen atoms in total. The average Bonchev–Trinajstić information content (AvgIpc) is 3.08. The number of halogens is 2. The summed E-state index contributed by atoms with van der Waals surface area (Å²) in [5.41, 5.74) is -1.92. The summed E-state index contributed by atoms with van der Waals surface area (Å²) >= 11 is 0. The van der Waals surface area contributed by atoms with Crippen LogP contribution in [-0.2, 0) is 15.8 Å². The van der Waals surface area contributed by atoms with E-state index in [2.05, 4.69) is 15.3 Å². The predicted molar refractivity (Wildman–Crippen MR) is 161 cm³/mol. The molecule has 18 heteroatoms. The van der Waals surface area contributed by atoms with Gasteiger partial charge in [0.1, 0.15) is 44.9 Å². The quantitative estimate of drug-likeness (QED) is 0.367. The lowest BCUT2D eigenvalue weighted by molar-refractivity contribution is 0.0913. The topological polar surface area (TPSA) is 117 Å². The molecule has 0 unspecified atom stereocenters. The Kier molecular flexibility index (Phi) is 7.01. The van der Waals surface area contributed by atoms with E-state index in [4.69, 9.17) is 0 Å². The van der Waals surface area contributed by atoms with Crippen molar-refractivity contribution in [2.45, 2.75) is 53.6 Å². The van der Waals surface area contributed by atoms with Gasteiger partial charge >= 0.3 is 0 Å². The fourth-order valence-corrected chi connectivity index (χ4v) is 7.37. The van der Waals surface area contributed by atoms with Crippen molar-refractivity contribution in [2.75, 3.05) is 24.7 Å². The van der Waals surface area contributed by atoms with Crippen LogP contribution < -0.4 is 10.9 Å². The summed E-state index contributed by atoms with van der Waals surface area (Å²) in [5, 5.41) is 13.0. The lowest BCUT2D eigenvalue weighted by Gasteiger charge is -2.61. The second-order valence-corrected chi connectivity index (χ2v) is 14.7. The van der Waals surface area contributed by atoms with Gasteiger partial charge < -0.3 is 10.4 Å². The maximum absolute atomic E-state index is 14.4. The van der Waals surface area contributed by atoms with Gasteiger partial charge in [-0.3, -0.25) is 9.36 Å². The van der Waals surface area contributed by atoms with Gasteiger partial charge in [0.2, 0.25) is 21.8 Å². The number of rotatable bonds is 5. The molecule has 2 aromatic heterocycles. The Morgan fingerprint density at radius 1 is 1.16 bits per heavy atom. The monoisotopic (exact) mass is 543 g/mol. The number of alkyl halides is 2. The van der Waals surface area contributed by atoms with E-state index >= 15 is 0 Å². The van der Waals surface area contributed by atoms with Gasteiger partial charge in [-0.2, -0.15) is 4.98 Å². The number of fused-ring (bicyclic) bond motifs is 1. The lowest BCUT2D eigenvalue weighted by atomic mass is 9.25. The molecule has 38 heavy (non-hydrogen) atoms. The SMILES string of the molecule is BC(F)(F)c1cc2cnc(NC3(B)C(B)(B)CN(S(C)(=O)=O)CC3(B)B)nc2n([C@@H]2CC[C@@H](O)[C@H]2C)c1=O. The lowest BCUT2D eigenvalue weighted by Crippen LogP contribution is -2.69. The molecule has 2 N–H and O–H groups in total. The van der Waals surface area contributed by atoms with Gasteiger partial charge in [0.25, 0.3) is 5.56 Å². The smallest absolute Gasteiger partial charge is 0.260 e. The van der Waals surface area contributed by atoms with Gasteiger partial charge in [0.05, 0.1) is 17.9 Å². The molecule has 0 radical (unpaired) electrons. The molecule has 0 bridgehead atoms. The third-order valence-electron chi connectivity index (χ3n) is 9.23. The molecule has 0 amide bonds. The van der Waals surface area contributed by atoms with E-state index in [0.29, 0.717) is 26.1 Å². The Morgan fingerprint density at radius 2 is 1.74 bits per heavy atom. The molecule has 3 heterocycles. The van der Waals surface area contributed by atoms with Crippen LogP contribution in [0.4, 0.5) is 14.7 Å². The molecule has 1 aliphatic heterocycles. The van der Waals surface area contributed by atoms with Crippen molar-refractivity contribution in [2.24, 2.45) is 5.92 Å². The van der Waals surface area contributed by atoms with E-state index in [1.807, 2.05) is 39.2 Å². The van der Waals surface area contributed by atoms with Crippen LogP contribution in [-0.4, -0.2) is 110 Å². The van der Waals surface area contributed by atoms with Crippen LogP contribution in [0.25, 0.3) is 11.0 Å². The average molecular weight is 542 g/mol. The number of aliphatic hydroxyl groups is 1. The summed E-state index contributed by atoms with van der Waals surface area (Å²) in [6.45, 7) is 2.37. The summed E-state index contributed by atoms with van der Waals surface area (Å²) < 4.78 is 56.5. The highest BCUT2D eigenvalue weighted by atomic mass is 32.2. The van der Waals surface area contributed by atoms with Crippen molar-refractivity contribution < 1.29 is 22.3 Å². The minimum absolute atomic E-state index is 0.212. The number of sulfonamides is 1. The molecule has 2 aromatic rings. The van der Waals surface area contributed by atoms with Crippen LogP contribution in [0, 0.1) is 5.92 Å². The molecular weight excluding hydrogens is 509 g/mol. The molecule has 4 rings (SSSR count). The number of aliphatic hydroxyl groups excluding tert-OH is 1. The van der Waals surface area contributed by atoms with E-state index < -0.39 is 55.0 Å². The summed E-state index contributed by atoms with van der Waals surface area (Å²) in [6, 6.07) is 0.653. The number of hydrogen-bond acceptors (Lipinski definition) is 7. The van der Waals surface area contributed by atoms with Crippen molar-refractivity contribution in [3.63, 3.8) is 0 Å². The highest BCUT2D eigenvalue weighted by Crippen LogP contribution is 2.51. The zero-order chi connectivity index (χ0) is 28.6. The molecule has 2 fully saturated rings. The molecule has 3 atom stereocenters. The van der Waals surface area contributed by atoms with E-state index in [0.717, 1.165) is 6.07 Å². The number of nitrogens with one attached hydrogen (secondary N) is 1. The summed E-state index contributed by atoms with van der Waals surface area (Å²) in [6.07, 6.45) is 2.91. The minimum Gasteiger partial charge on any atom is -0.393 e. The van der Waals surface area contributed by atoms with E-state index in [-0.39, 0.29) is 30.6 Å². The number of pyridine rings is 1. The van der Waals surface area contributed by atoms with Gasteiger partial charge in [-0.1, -0.05) is 17.4 Å². The van der Waals surface area contributed by atoms with Gasteiger partial charge in [-0.15, -0.1) is 0 Å². The Balaban J connectivity index is 1.86. The number of nitrogens with zero attached hydrogens (tertiary/aromatic N) is 4. The van der Waals surface area contributed by atoms with Crippen molar-refractivity contribution in [1.29, 1.82) is 0 Å². The molecule has 200 valence electrons. The Labute approximate surface area is 227 Å². The zero-order valence-corrected chi connectivity index (χ0v) is 24.2. The molecule has 0 spiro atoms. The number of aromatic nitrogens is 3. The minimum atomic E-state index is -3.41. The molecular formula is C20H33B6F2N5O4S. The first-order valence-corrected chi connectivity index (χ1v) is 14.8. The maximum Gasteiger partial charge on any atom is 0.260 e. The second kappa shape index (κ2) is 9.12. The third kappa shape index (κ3) is 4.74. The molecule has 2 aliphatic rings. The highest BCUT2D eigenvalue weighted by Gasteiger charge is 2.56. The first kappa shape index (κ1) is 29.2. The zero-order valence-electron chi connectivity index (χ0n) is 23.3. The van der Waals surface area contributed by atoms with Crippen LogP contribution in [0.2, 0.25) is 10.4 Å². The Bertz CT molecular complexity index is 1420. The van der Waals surface area contributed by atoms with Crippen molar-refractivity contribution in [3.8, 4) is 0 Å². The van der Waals surface area contributed by atoms with Gasteiger partial charge in [-0.25, -0.2) is 26.5 Å². The fraction of sp³-hybridized carbons (Fsp3) is 0.650. The number of anilines is 1. The maximum atomic E-state index is 14.4. The number of hydrogen-bond donors (Lipinski definition) is 2. The van der Waals surface area contributed by atoms with Gasteiger partial charge in [0, 0.05) is 36.6 Å². The van der Waals surface area contributed by atoms with Crippen LogP contribution in [0.5, 0.6) is 0 Å². The van der Waals surface area contributed by atoms with Crippen LogP contribution in [0.15, 0.2) is 17.1 Å². The van der Waals surface area contributed by atoms with E-state index in [1.54, 1.807) is 6.92 Å².